The molecular weight excluding hydrogens is 212 g/mol. The van der Waals surface area contributed by atoms with Crippen LogP contribution < -0.4 is 5.73 Å². The Balaban J connectivity index is 2.58. The third-order valence-electron chi connectivity index (χ3n) is 2.40. The molecule has 2 rings (SSSR count). The molecule has 0 fully saturated rings. The number of hydrogen-bond donors (Lipinski definition) is 2. The molecule has 0 saturated carbocycles. The van der Waals surface area contributed by atoms with Gasteiger partial charge in [-0.15, -0.1) is 0 Å². The summed E-state index contributed by atoms with van der Waals surface area (Å²) < 4.78 is 26.1. The molecule has 1 aromatic carbocycles. The van der Waals surface area contributed by atoms with Gasteiger partial charge in [0.2, 0.25) is 0 Å². The minimum Gasteiger partial charge on any atom is -0.382 e. The van der Waals surface area contributed by atoms with E-state index in [-0.39, 0.29) is 0 Å². The second kappa shape index (κ2) is 3.92. The summed E-state index contributed by atoms with van der Waals surface area (Å²) in [6.45, 7) is 1.90. The van der Waals surface area contributed by atoms with Gasteiger partial charge in [0.1, 0.15) is 17.5 Å². The number of nitrogen functional groups attached to an aromatic ring is 1. The van der Waals surface area contributed by atoms with E-state index in [1.165, 1.54) is 12.1 Å². The van der Waals surface area contributed by atoms with Crippen molar-refractivity contribution in [2.75, 3.05) is 5.73 Å². The number of rotatable bonds is 2. The van der Waals surface area contributed by atoms with Crippen molar-refractivity contribution in [1.29, 1.82) is 0 Å². The van der Waals surface area contributed by atoms with Crippen molar-refractivity contribution in [2.24, 2.45) is 0 Å². The van der Waals surface area contributed by atoms with Crippen LogP contribution in [0.5, 0.6) is 0 Å². The molecule has 0 aliphatic heterocycles. The lowest BCUT2D eigenvalue weighted by atomic mass is 10.1. The van der Waals surface area contributed by atoms with E-state index in [4.69, 9.17) is 5.73 Å². The number of halogens is 2. The van der Waals surface area contributed by atoms with Gasteiger partial charge in [-0.25, -0.2) is 8.78 Å². The number of nitrogens with one attached hydrogen (secondary N) is 1. The first-order valence-corrected chi connectivity index (χ1v) is 4.91. The Labute approximate surface area is 91.3 Å². The van der Waals surface area contributed by atoms with Gasteiger partial charge in [-0.1, -0.05) is 6.92 Å². The van der Waals surface area contributed by atoms with Crippen molar-refractivity contribution in [3.8, 4) is 11.3 Å². The quantitative estimate of drug-likeness (QED) is 0.821. The second-order valence-corrected chi connectivity index (χ2v) is 3.47. The third-order valence-corrected chi connectivity index (χ3v) is 2.40. The van der Waals surface area contributed by atoms with Gasteiger partial charge in [0.05, 0.1) is 5.69 Å². The molecular formula is C11H11F2N3. The van der Waals surface area contributed by atoms with Crippen LogP contribution in [0.25, 0.3) is 11.3 Å². The van der Waals surface area contributed by atoms with Gasteiger partial charge in [0.25, 0.3) is 0 Å². The van der Waals surface area contributed by atoms with E-state index in [1.807, 2.05) is 6.92 Å². The molecule has 3 nitrogen and oxygen atoms in total. The number of hydrogen-bond acceptors (Lipinski definition) is 2. The predicted octanol–water partition coefficient (Wildman–Crippen LogP) is 2.50. The van der Waals surface area contributed by atoms with E-state index in [0.29, 0.717) is 23.5 Å². The van der Waals surface area contributed by atoms with Crippen molar-refractivity contribution in [3.63, 3.8) is 0 Å². The lowest BCUT2D eigenvalue weighted by molar-refractivity contribution is 0.584. The van der Waals surface area contributed by atoms with Gasteiger partial charge in [-0.2, -0.15) is 5.10 Å². The molecule has 1 heterocycles. The van der Waals surface area contributed by atoms with Gasteiger partial charge in [-0.3, -0.25) is 5.10 Å². The second-order valence-electron chi connectivity index (χ2n) is 3.47. The van der Waals surface area contributed by atoms with E-state index in [2.05, 4.69) is 10.2 Å². The first-order valence-electron chi connectivity index (χ1n) is 4.91. The molecule has 2 aromatic rings. The fraction of sp³-hybridized carbons (Fsp3) is 0.182. The normalized spacial score (nSPS) is 10.7. The maximum Gasteiger partial charge on any atom is 0.149 e. The lowest BCUT2D eigenvalue weighted by Crippen LogP contribution is -1.91. The number of nitrogens with zero attached hydrogens (tertiary/aromatic N) is 1. The molecule has 0 aliphatic carbocycles. The molecule has 1 aromatic heterocycles. The average molecular weight is 223 g/mol. The summed E-state index contributed by atoms with van der Waals surface area (Å²) >= 11 is 0. The Bertz CT molecular complexity index is 500. The fourth-order valence-corrected chi connectivity index (χ4v) is 1.67. The maximum absolute atomic E-state index is 13.1. The minimum atomic E-state index is -0.620. The van der Waals surface area contributed by atoms with Gasteiger partial charge < -0.3 is 5.73 Å². The van der Waals surface area contributed by atoms with E-state index in [9.17, 15) is 8.78 Å². The zero-order valence-electron chi connectivity index (χ0n) is 8.72. The van der Waals surface area contributed by atoms with Crippen LogP contribution in [0.15, 0.2) is 18.2 Å². The van der Waals surface area contributed by atoms with Crippen molar-refractivity contribution in [3.05, 3.63) is 35.4 Å². The summed E-state index contributed by atoms with van der Waals surface area (Å²) in [5, 5.41) is 6.52. The number of anilines is 1. The highest BCUT2D eigenvalue weighted by atomic mass is 19.1. The Morgan fingerprint density at radius 2 is 1.88 bits per heavy atom. The largest absolute Gasteiger partial charge is 0.382 e. The van der Waals surface area contributed by atoms with Crippen LogP contribution in [0.4, 0.5) is 14.6 Å². The van der Waals surface area contributed by atoms with Crippen LogP contribution in [0, 0.1) is 11.6 Å². The Kier molecular flexibility index (Phi) is 2.60. The van der Waals surface area contributed by atoms with Crippen molar-refractivity contribution in [1.82, 2.24) is 10.2 Å². The molecule has 16 heavy (non-hydrogen) atoms. The van der Waals surface area contributed by atoms with Crippen LogP contribution >= 0.6 is 0 Å². The molecule has 0 radical (unpaired) electrons. The summed E-state index contributed by atoms with van der Waals surface area (Å²) in [4.78, 5) is 0. The third kappa shape index (κ3) is 1.76. The first kappa shape index (κ1) is 10.6. The SMILES string of the molecule is CCc1c(N)n[nH]c1-c1cc(F)cc(F)c1. The molecule has 0 saturated heterocycles. The van der Waals surface area contributed by atoms with E-state index < -0.39 is 11.6 Å². The smallest absolute Gasteiger partial charge is 0.149 e. The zero-order valence-corrected chi connectivity index (χ0v) is 8.72. The van der Waals surface area contributed by atoms with Crippen molar-refractivity contribution < 1.29 is 8.78 Å². The Hall–Kier alpha value is -1.91. The highest BCUT2D eigenvalue weighted by molar-refractivity contribution is 5.68. The maximum atomic E-state index is 13.1. The highest BCUT2D eigenvalue weighted by Crippen LogP contribution is 2.26. The van der Waals surface area contributed by atoms with E-state index in [1.54, 1.807) is 0 Å². The summed E-state index contributed by atoms with van der Waals surface area (Å²) in [5.74, 6) is -0.877. The van der Waals surface area contributed by atoms with Crippen LogP contribution in [-0.4, -0.2) is 10.2 Å². The highest BCUT2D eigenvalue weighted by Gasteiger charge is 2.12. The van der Waals surface area contributed by atoms with E-state index in [0.717, 1.165) is 11.6 Å². The number of aromatic amines is 1. The topological polar surface area (TPSA) is 54.7 Å². The van der Waals surface area contributed by atoms with Gasteiger partial charge in [0.15, 0.2) is 0 Å². The van der Waals surface area contributed by atoms with E-state index >= 15 is 0 Å². The summed E-state index contributed by atoms with van der Waals surface area (Å²) in [6, 6.07) is 3.32. The molecule has 0 atom stereocenters. The molecule has 0 spiro atoms. The Morgan fingerprint density at radius 3 is 2.44 bits per heavy atom. The standard InChI is InChI=1S/C11H11F2N3/c1-2-9-10(15-16-11(9)14)6-3-7(12)5-8(13)4-6/h3-5H,2H2,1H3,(H3,14,15,16). The van der Waals surface area contributed by atoms with Crippen LogP contribution in [0.3, 0.4) is 0 Å². The summed E-state index contributed by atoms with van der Waals surface area (Å²) in [5.41, 5.74) is 7.39. The number of H-pyrrole nitrogens is 1. The molecule has 0 aliphatic rings. The Morgan fingerprint density at radius 1 is 1.25 bits per heavy atom. The number of benzene rings is 1. The van der Waals surface area contributed by atoms with Gasteiger partial charge in [-0.05, 0) is 18.6 Å². The van der Waals surface area contributed by atoms with Crippen LogP contribution in [-0.2, 0) is 6.42 Å². The minimum absolute atomic E-state index is 0.363. The monoisotopic (exact) mass is 223 g/mol. The predicted molar refractivity (Wildman–Crippen MR) is 57.7 cm³/mol. The molecule has 5 heteroatoms. The molecule has 3 N–H and O–H groups in total. The molecule has 84 valence electrons. The van der Waals surface area contributed by atoms with Crippen molar-refractivity contribution >= 4 is 5.82 Å². The zero-order chi connectivity index (χ0) is 11.7. The average Bonchev–Trinajstić information content (AvgIpc) is 2.58. The first-order chi connectivity index (χ1) is 7.61. The number of aromatic nitrogens is 2. The van der Waals surface area contributed by atoms with Gasteiger partial charge >= 0.3 is 0 Å². The molecule has 0 bridgehead atoms. The lowest BCUT2D eigenvalue weighted by Gasteiger charge is -2.02. The van der Waals surface area contributed by atoms with Crippen LogP contribution in [0.2, 0.25) is 0 Å². The van der Waals surface area contributed by atoms with Crippen LogP contribution in [0.1, 0.15) is 12.5 Å². The summed E-state index contributed by atoms with van der Waals surface area (Å²) in [7, 11) is 0. The summed E-state index contributed by atoms with van der Waals surface area (Å²) in [6.07, 6.45) is 0.649. The molecule has 0 unspecified atom stereocenters. The fourth-order valence-electron chi connectivity index (χ4n) is 1.67. The molecule has 0 amide bonds. The number of nitrogens with two attached hydrogens (primary N) is 1. The van der Waals surface area contributed by atoms with Gasteiger partial charge in [0, 0.05) is 17.2 Å². The van der Waals surface area contributed by atoms with Crippen molar-refractivity contribution in [2.45, 2.75) is 13.3 Å².